The van der Waals surface area contributed by atoms with Gasteiger partial charge in [0, 0.05) is 24.2 Å². The van der Waals surface area contributed by atoms with Crippen molar-refractivity contribution in [1.29, 1.82) is 0 Å². The summed E-state index contributed by atoms with van der Waals surface area (Å²) < 4.78 is 11.5. The normalized spacial score (nSPS) is 11.6. The number of nitrogens with zero attached hydrogens (tertiary/aromatic N) is 3. The van der Waals surface area contributed by atoms with Crippen molar-refractivity contribution in [2.24, 2.45) is 0 Å². The first-order valence-electron chi connectivity index (χ1n) is 8.39. The molecule has 0 saturated heterocycles. The topological polar surface area (TPSA) is 83.3 Å². The van der Waals surface area contributed by atoms with Crippen LogP contribution in [0.25, 0.3) is 11.3 Å². The van der Waals surface area contributed by atoms with Crippen LogP contribution in [0.3, 0.4) is 0 Å². The average Bonchev–Trinajstić information content (AvgIpc) is 3.12. The molecule has 0 N–H and O–H groups in total. The van der Waals surface area contributed by atoms with E-state index < -0.39 is 18.0 Å². The van der Waals surface area contributed by atoms with E-state index in [1.54, 1.807) is 29.3 Å². The van der Waals surface area contributed by atoms with E-state index in [1.807, 2.05) is 36.4 Å². The number of hydrogen-bond donors (Lipinski definition) is 0. The molecule has 3 aromatic rings. The van der Waals surface area contributed by atoms with Gasteiger partial charge in [-0.2, -0.15) is 5.10 Å². The van der Waals surface area contributed by atoms with Crippen LogP contribution >= 0.6 is 0 Å². The monoisotopic (exact) mass is 365 g/mol. The van der Waals surface area contributed by atoms with Crippen LogP contribution in [0.2, 0.25) is 0 Å². The minimum Gasteiger partial charge on any atom is -0.466 e. The molecule has 0 fully saturated rings. The van der Waals surface area contributed by atoms with Crippen LogP contribution in [0, 0.1) is 0 Å². The lowest BCUT2D eigenvalue weighted by Crippen LogP contribution is -2.25. The van der Waals surface area contributed by atoms with Crippen LogP contribution in [0.15, 0.2) is 61.1 Å². The highest BCUT2D eigenvalue weighted by Crippen LogP contribution is 2.23. The smallest absolute Gasteiger partial charge is 0.346 e. The summed E-state index contributed by atoms with van der Waals surface area (Å²) in [5.74, 6) is -1.27. The molecule has 1 aromatic carbocycles. The van der Waals surface area contributed by atoms with E-state index in [9.17, 15) is 9.59 Å². The Labute approximate surface area is 156 Å². The highest BCUT2D eigenvalue weighted by molar-refractivity contribution is 5.97. The quantitative estimate of drug-likeness (QED) is 0.625. The average molecular weight is 365 g/mol. The first-order chi connectivity index (χ1) is 13.1. The highest BCUT2D eigenvalue weighted by atomic mass is 16.6. The number of methoxy groups -OCH3 is 1. The van der Waals surface area contributed by atoms with E-state index in [0.29, 0.717) is 17.8 Å². The van der Waals surface area contributed by atoms with Crippen molar-refractivity contribution in [3.8, 4) is 11.3 Å². The number of aromatic nitrogens is 3. The van der Waals surface area contributed by atoms with Crippen molar-refractivity contribution in [2.75, 3.05) is 7.11 Å². The SMILES string of the molecule is COC(=O)[C@@H](C)OC(=O)c1cn(Cc2ccccc2)nc1-c1cccnc1. The first-order valence-corrected chi connectivity index (χ1v) is 8.39. The second-order valence-electron chi connectivity index (χ2n) is 5.89. The number of pyridine rings is 1. The van der Waals surface area contributed by atoms with Crippen molar-refractivity contribution >= 4 is 11.9 Å². The van der Waals surface area contributed by atoms with Crippen LogP contribution in [0.4, 0.5) is 0 Å². The van der Waals surface area contributed by atoms with Crippen molar-refractivity contribution < 1.29 is 19.1 Å². The van der Waals surface area contributed by atoms with Gasteiger partial charge in [0.15, 0.2) is 6.10 Å². The molecule has 3 rings (SSSR count). The molecule has 0 spiro atoms. The molecule has 138 valence electrons. The van der Waals surface area contributed by atoms with Crippen molar-refractivity contribution in [3.05, 3.63) is 72.2 Å². The summed E-state index contributed by atoms with van der Waals surface area (Å²) in [5, 5.41) is 4.53. The van der Waals surface area contributed by atoms with E-state index in [2.05, 4.69) is 14.8 Å². The van der Waals surface area contributed by atoms with Gasteiger partial charge in [0.05, 0.1) is 13.7 Å². The third-order valence-corrected chi connectivity index (χ3v) is 3.92. The second-order valence-corrected chi connectivity index (χ2v) is 5.89. The lowest BCUT2D eigenvalue weighted by Gasteiger charge is -2.10. The lowest BCUT2D eigenvalue weighted by atomic mass is 10.1. The Morgan fingerprint density at radius 1 is 1.15 bits per heavy atom. The van der Waals surface area contributed by atoms with Gasteiger partial charge in [-0.05, 0) is 24.6 Å². The van der Waals surface area contributed by atoms with E-state index in [1.165, 1.54) is 14.0 Å². The molecule has 0 saturated carbocycles. The summed E-state index contributed by atoms with van der Waals surface area (Å²) >= 11 is 0. The Hall–Kier alpha value is -3.48. The number of rotatable bonds is 6. The summed E-state index contributed by atoms with van der Waals surface area (Å²) in [6.45, 7) is 1.95. The third-order valence-electron chi connectivity index (χ3n) is 3.92. The molecule has 2 aromatic heterocycles. The molecule has 27 heavy (non-hydrogen) atoms. The van der Waals surface area contributed by atoms with Crippen LogP contribution < -0.4 is 0 Å². The minimum atomic E-state index is -1.01. The third kappa shape index (κ3) is 4.38. The zero-order valence-corrected chi connectivity index (χ0v) is 15.0. The fourth-order valence-electron chi connectivity index (χ4n) is 2.58. The maximum absolute atomic E-state index is 12.6. The van der Waals surface area contributed by atoms with E-state index in [0.717, 1.165) is 5.56 Å². The van der Waals surface area contributed by atoms with Crippen molar-refractivity contribution in [1.82, 2.24) is 14.8 Å². The van der Waals surface area contributed by atoms with Gasteiger partial charge < -0.3 is 9.47 Å². The molecule has 2 heterocycles. The molecular weight excluding hydrogens is 346 g/mol. The predicted molar refractivity (Wildman–Crippen MR) is 97.9 cm³/mol. The molecule has 7 nitrogen and oxygen atoms in total. The number of hydrogen-bond acceptors (Lipinski definition) is 6. The van der Waals surface area contributed by atoms with E-state index >= 15 is 0 Å². The van der Waals surface area contributed by atoms with Crippen LogP contribution in [0.1, 0.15) is 22.8 Å². The Morgan fingerprint density at radius 3 is 2.59 bits per heavy atom. The van der Waals surface area contributed by atoms with Gasteiger partial charge >= 0.3 is 11.9 Å². The molecule has 0 radical (unpaired) electrons. The number of carbonyl (C=O) groups excluding carboxylic acids is 2. The molecule has 0 amide bonds. The number of ether oxygens (including phenoxy) is 2. The summed E-state index contributed by atoms with van der Waals surface area (Å²) in [4.78, 5) is 28.3. The molecule has 0 unspecified atom stereocenters. The Kier molecular flexibility index (Phi) is 5.61. The van der Waals surface area contributed by atoms with Gasteiger partial charge in [0.1, 0.15) is 11.3 Å². The van der Waals surface area contributed by atoms with Gasteiger partial charge in [-0.25, -0.2) is 9.59 Å². The molecule has 0 aliphatic rings. The van der Waals surface area contributed by atoms with Crippen LogP contribution in [0.5, 0.6) is 0 Å². The van der Waals surface area contributed by atoms with Gasteiger partial charge in [-0.1, -0.05) is 30.3 Å². The van der Waals surface area contributed by atoms with Gasteiger partial charge in [-0.15, -0.1) is 0 Å². The Bertz CT molecular complexity index is 923. The van der Waals surface area contributed by atoms with Crippen molar-refractivity contribution in [2.45, 2.75) is 19.6 Å². The summed E-state index contributed by atoms with van der Waals surface area (Å²) in [6, 6.07) is 13.3. The maximum Gasteiger partial charge on any atom is 0.346 e. The highest BCUT2D eigenvalue weighted by Gasteiger charge is 2.24. The second kappa shape index (κ2) is 8.27. The zero-order chi connectivity index (χ0) is 19.2. The minimum absolute atomic E-state index is 0.259. The number of carbonyl (C=O) groups is 2. The number of benzene rings is 1. The fraction of sp³-hybridized carbons (Fsp3) is 0.200. The summed E-state index contributed by atoms with van der Waals surface area (Å²) in [7, 11) is 1.24. The van der Waals surface area contributed by atoms with Crippen molar-refractivity contribution in [3.63, 3.8) is 0 Å². The molecule has 7 heteroatoms. The zero-order valence-electron chi connectivity index (χ0n) is 15.0. The van der Waals surface area contributed by atoms with E-state index in [-0.39, 0.29) is 5.56 Å². The Balaban J connectivity index is 1.93. The maximum atomic E-state index is 12.6. The number of esters is 2. The molecule has 0 bridgehead atoms. The largest absolute Gasteiger partial charge is 0.466 e. The predicted octanol–water partition coefficient (Wildman–Crippen LogP) is 2.71. The summed E-state index contributed by atoms with van der Waals surface area (Å²) in [6.07, 6.45) is 3.86. The fourth-order valence-corrected chi connectivity index (χ4v) is 2.58. The molecular formula is C20H19N3O4. The lowest BCUT2D eigenvalue weighted by molar-refractivity contribution is -0.149. The van der Waals surface area contributed by atoms with Gasteiger partial charge in [-0.3, -0.25) is 9.67 Å². The van der Waals surface area contributed by atoms with Crippen LogP contribution in [-0.2, 0) is 20.8 Å². The molecule has 0 aliphatic heterocycles. The van der Waals surface area contributed by atoms with Gasteiger partial charge in [0.2, 0.25) is 0 Å². The Morgan fingerprint density at radius 2 is 1.93 bits per heavy atom. The molecule has 1 atom stereocenters. The van der Waals surface area contributed by atoms with Gasteiger partial charge in [0.25, 0.3) is 0 Å². The molecule has 0 aliphatic carbocycles. The summed E-state index contributed by atoms with van der Waals surface area (Å²) in [5.41, 5.74) is 2.43. The first kappa shape index (κ1) is 18.3. The standard InChI is InChI=1S/C20H19N3O4/c1-14(19(24)26-2)27-20(25)17-13-23(12-15-7-4-3-5-8-15)22-18(17)16-9-6-10-21-11-16/h3-11,13-14H,12H2,1-2H3/t14-/m1/s1. The van der Waals surface area contributed by atoms with E-state index in [4.69, 9.17) is 4.74 Å². The van der Waals surface area contributed by atoms with Crippen LogP contribution in [-0.4, -0.2) is 39.9 Å².